The maximum absolute atomic E-state index is 12.7. The highest BCUT2D eigenvalue weighted by atomic mass is 32.1. The van der Waals surface area contributed by atoms with E-state index < -0.39 is 5.91 Å². The molecule has 8 heteroatoms. The van der Waals surface area contributed by atoms with Gasteiger partial charge in [0.2, 0.25) is 11.5 Å². The SMILES string of the molecule is Cc1ccc2c(NC(=O)N3CCc4sccc4C3)c(C(N)=O)oc2n1. The molecule has 0 aromatic carbocycles. The van der Waals surface area contributed by atoms with Crippen molar-refractivity contribution in [3.8, 4) is 0 Å². The number of primary amides is 1. The van der Waals surface area contributed by atoms with Crippen molar-refractivity contribution >= 4 is 40.1 Å². The van der Waals surface area contributed by atoms with E-state index in [4.69, 9.17) is 10.2 Å². The zero-order valence-corrected chi connectivity index (χ0v) is 14.4. The van der Waals surface area contributed by atoms with Gasteiger partial charge >= 0.3 is 6.03 Å². The van der Waals surface area contributed by atoms with Gasteiger partial charge in [-0.25, -0.2) is 9.78 Å². The summed E-state index contributed by atoms with van der Waals surface area (Å²) in [4.78, 5) is 31.7. The van der Waals surface area contributed by atoms with E-state index in [-0.39, 0.29) is 23.2 Å². The van der Waals surface area contributed by atoms with Crippen LogP contribution in [0.5, 0.6) is 0 Å². The summed E-state index contributed by atoms with van der Waals surface area (Å²) in [6.07, 6.45) is 0.829. The van der Waals surface area contributed by atoms with Gasteiger partial charge in [-0.1, -0.05) is 0 Å². The molecule has 4 rings (SSSR count). The number of nitrogens with zero attached hydrogens (tertiary/aromatic N) is 2. The van der Waals surface area contributed by atoms with Crippen LogP contribution in [0.15, 0.2) is 28.0 Å². The zero-order valence-electron chi connectivity index (χ0n) is 13.5. The fourth-order valence-corrected chi connectivity index (χ4v) is 3.87. The maximum atomic E-state index is 12.7. The second kappa shape index (κ2) is 5.89. The smallest absolute Gasteiger partial charge is 0.322 e. The molecule has 0 radical (unpaired) electrons. The topological polar surface area (TPSA) is 101 Å². The van der Waals surface area contributed by atoms with Crippen LogP contribution < -0.4 is 11.1 Å². The monoisotopic (exact) mass is 356 g/mol. The first kappa shape index (κ1) is 15.6. The first-order valence-corrected chi connectivity index (χ1v) is 8.72. The lowest BCUT2D eigenvalue weighted by Crippen LogP contribution is -2.38. The van der Waals surface area contributed by atoms with Crippen molar-refractivity contribution in [1.29, 1.82) is 0 Å². The number of pyridine rings is 1. The van der Waals surface area contributed by atoms with Crippen LogP contribution in [-0.4, -0.2) is 28.4 Å². The second-order valence-electron chi connectivity index (χ2n) is 5.95. The number of amides is 3. The Balaban J connectivity index is 1.65. The molecule has 3 N–H and O–H groups in total. The average molecular weight is 356 g/mol. The highest BCUT2D eigenvalue weighted by Crippen LogP contribution is 2.31. The summed E-state index contributed by atoms with van der Waals surface area (Å²) in [7, 11) is 0. The molecule has 0 aliphatic carbocycles. The van der Waals surface area contributed by atoms with Crippen molar-refractivity contribution in [2.75, 3.05) is 11.9 Å². The van der Waals surface area contributed by atoms with Gasteiger partial charge in [-0.3, -0.25) is 4.79 Å². The number of nitrogens with two attached hydrogens (primary N) is 1. The molecule has 128 valence electrons. The first-order chi connectivity index (χ1) is 12.0. The van der Waals surface area contributed by atoms with Gasteiger partial charge in [0.25, 0.3) is 5.91 Å². The molecular formula is C17H16N4O3S. The molecule has 0 saturated carbocycles. The number of furan rings is 1. The lowest BCUT2D eigenvalue weighted by molar-refractivity contribution is 0.0977. The molecule has 4 heterocycles. The molecule has 3 aromatic rings. The maximum Gasteiger partial charge on any atom is 0.322 e. The van der Waals surface area contributed by atoms with Gasteiger partial charge in [0.15, 0.2) is 0 Å². The van der Waals surface area contributed by atoms with Gasteiger partial charge in [0.1, 0.15) is 5.69 Å². The number of hydrogen-bond acceptors (Lipinski definition) is 5. The van der Waals surface area contributed by atoms with Crippen molar-refractivity contribution in [3.05, 3.63) is 45.5 Å². The van der Waals surface area contributed by atoms with Gasteiger partial charge < -0.3 is 20.4 Å². The first-order valence-electron chi connectivity index (χ1n) is 7.84. The van der Waals surface area contributed by atoms with Crippen LogP contribution in [0.3, 0.4) is 0 Å². The Morgan fingerprint density at radius 3 is 3.00 bits per heavy atom. The molecule has 0 fully saturated rings. The number of fused-ring (bicyclic) bond motifs is 2. The van der Waals surface area contributed by atoms with Gasteiger partial charge in [-0.15, -0.1) is 11.3 Å². The number of hydrogen-bond donors (Lipinski definition) is 2. The van der Waals surface area contributed by atoms with Crippen LogP contribution in [0.2, 0.25) is 0 Å². The molecule has 1 aliphatic rings. The third-order valence-electron chi connectivity index (χ3n) is 4.25. The standard InChI is InChI=1S/C17H16N4O3S/c1-9-2-3-11-13(14(15(18)22)24-16(11)19-9)20-17(23)21-6-4-12-10(8-21)5-7-25-12/h2-3,5,7H,4,6,8H2,1H3,(H2,18,22)(H,20,23). The Kier molecular flexibility index (Phi) is 3.69. The molecule has 0 spiro atoms. The summed E-state index contributed by atoms with van der Waals surface area (Å²) in [6.45, 7) is 2.98. The van der Waals surface area contributed by atoms with Crippen molar-refractivity contribution in [3.63, 3.8) is 0 Å². The number of rotatable bonds is 2. The number of urea groups is 1. The molecule has 0 saturated heterocycles. The van der Waals surface area contributed by atoms with Crippen molar-refractivity contribution in [2.45, 2.75) is 19.9 Å². The minimum atomic E-state index is -0.746. The van der Waals surface area contributed by atoms with Crippen molar-refractivity contribution < 1.29 is 14.0 Å². The van der Waals surface area contributed by atoms with Gasteiger partial charge in [0.05, 0.1) is 5.39 Å². The molecule has 3 amide bonds. The molecule has 25 heavy (non-hydrogen) atoms. The lowest BCUT2D eigenvalue weighted by atomic mass is 10.1. The Morgan fingerprint density at radius 2 is 2.20 bits per heavy atom. The third kappa shape index (κ3) is 2.74. The number of anilines is 1. The van der Waals surface area contributed by atoms with Crippen LogP contribution in [0, 0.1) is 6.92 Å². The average Bonchev–Trinajstić information content (AvgIpc) is 3.18. The van der Waals surface area contributed by atoms with Crippen LogP contribution in [-0.2, 0) is 13.0 Å². The lowest BCUT2D eigenvalue weighted by Gasteiger charge is -2.27. The van der Waals surface area contributed by atoms with E-state index in [9.17, 15) is 9.59 Å². The Labute approximate surface area is 147 Å². The summed E-state index contributed by atoms with van der Waals surface area (Å²) >= 11 is 1.71. The predicted molar refractivity (Wildman–Crippen MR) is 94.7 cm³/mol. The summed E-state index contributed by atoms with van der Waals surface area (Å²) in [5.74, 6) is -0.834. The van der Waals surface area contributed by atoms with E-state index in [1.54, 1.807) is 28.4 Å². The van der Waals surface area contributed by atoms with Crippen LogP contribution in [0.25, 0.3) is 11.1 Å². The van der Waals surface area contributed by atoms with Gasteiger partial charge in [-0.05, 0) is 42.5 Å². The highest BCUT2D eigenvalue weighted by Gasteiger charge is 2.26. The fraction of sp³-hybridized carbons (Fsp3) is 0.235. The summed E-state index contributed by atoms with van der Waals surface area (Å²) in [5, 5.41) is 5.38. The second-order valence-corrected chi connectivity index (χ2v) is 6.95. The number of aromatic nitrogens is 1. The molecule has 1 aliphatic heterocycles. The van der Waals surface area contributed by atoms with Crippen LogP contribution in [0.4, 0.5) is 10.5 Å². The van der Waals surface area contributed by atoms with Crippen molar-refractivity contribution in [1.82, 2.24) is 9.88 Å². The summed E-state index contributed by atoms with van der Waals surface area (Å²) in [6, 6.07) is 5.30. The minimum absolute atomic E-state index is 0.0883. The predicted octanol–water partition coefficient (Wildman–Crippen LogP) is 2.89. The number of thiophene rings is 1. The molecule has 7 nitrogen and oxygen atoms in total. The van der Waals surface area contributed by atoms with Crippen LogP contribution in [0.1, 0.15) is 26.7 Å². The number of nitrogens with one attached hydrogen (secondary N) is 1. The summed E-state index contributed by atoms with van der Waals surface area (Å²) in [5.41, 5.74) is 7.86. The van der Waals surface area contributed by atoms with Gasteiger partial charge in [-0.2, -0.15) is 0 Å². The zero-order chi connectivity index (χ0) is 17.6. The molecule has 0 atom stereocenters. The third-order valence-corrected chi connectivity index (χ3v) is 5.27. The Morgan fingerprint density at radius 1 is 1.36 bits per heavy atom. The van der Waals surface area contributed by atoms with E-state index in [1.165, 1.54) is 4.88 Å². The molecule has 0 bridgehead atoms. The van der Waals surface area contributed by atoms with E-state index in [0.29, 0.717) is 18.5 Å². The number of carbonyl (C=O) groups is 2. The summed E-state index contributed by atoms with van der Waals surface area (Å²) < 4.78 is 5.46. The normalized spacial score (nSPS) is 13.7. The number of carbonyl (C=O) groups excluding carboxylic acids is 2. The van der Waals surface area contributed by atoms with E-state index in [0.717, 1.165) is 17.7 Å². The Bertz CT molecular complexity index is 991. The number of aryl methyl sites for hydroxylation is 1. The molecule has 0 unspecified atom stereocenters. The van der Waals surface area contributed by atoms with Gasteiger partial charge in [0, 0.05) is 23.7 Å². The van der Waals surface area contributed by atoms with E-state index in [2.05, 4.69) is 10.3 Å². The molecular weight excluding hydrogens is 340 g/mol. The molecule has 3 aromatic heterocycles. The van der Waals surface area contributed by atoms with E-state index in [1.807, 2.05) is 18.4 Å². The fourth-order valence-electron chi connectivity index (χ4n) is 2.98. The minimum Gasteiger partial charge on any atom is -0.430 e. The van der Waals surface area contributed by atoms with Crippen molar-refractivity contribution in [2.24, 2.45) is 5.73 Å². The largest absolute Gasteiger partial charge is 0.430 e. The van der Waals surface area contributed by atoms with Crippen LogP contribution >= 0.6 is 11.3 Å². The quantitative estimate of drug-likeness (QED) is 0.737. The van der Waals surface area contributed by atoms with E-state index >= 15 is 0 Å². The highest BCUT2D eigenvalue weighted by molar-refractivity contribution is 7.10. The Hall–Kier alpha value is -2.87.